The number of carbonyl (C=O) groups is 1. The van der Waals surface area contributed by atoms with Gasteiger partial charge in [0.25, 0.3) is 0 Å². The number of benzene rings is 1. The second kappa shape index (κ2) is 5.40. The van der Waals surface area contributed by atoms with Crippen molar-refractivity contribution in [2.75, 3.05) is 18.0 Å². The Morgan fingerprint density at radius 1 is 1.30 bits per heavy atom. The maximum atomic E-state index is 11.4. The van der Waals surface area contributed by atoms with E-state index < -0.39 is 0 Å². The van der Waals surface area contributed by atoms with Gasteiger partial charge in [0, 0.05) is 36.8 Å². The number of hydrogen-bond acceptors (Lipinski definition) is 3. The Labute approximate surface area is 124 Å². The first-order valence-corrected chi connectivity index (χ1v) is 7.48. The molecule has 2 heterocycles. The smallest absolute Gasteiger partial charge is 0.220 e. The van der Waals surface area contributed by atoms with Gasteiger partial charge in [-0.25, -0.2) is 0 Å². The molecule has 4 nitrogen and oxygen atoms in total. The van der Waals surface area contributed by atoms with E-state index in [9.17, 15) is 4.79 Å². The van der Waals surface area contributed by atoms with Crippen molar-refractivity contribution >= 4 is 28.8 Å². The average molecular weight is 289 g/mol. The van der Waals surface area contributed by atoms with Crippen LogP contribution in [-0.2, 0) is 4.79 Å². The molecule has 2 aliphatic heterocycles. The molecule has 2 saturated heterocycles. The third-order valence-electron chi connectivity index (χ3n) is 4.34. The van der Waals surface area contributed by atoms with Crippen molar-refractivity contribution in [1.82, 2.24) is 5.32 Å². The Hall–Kier alpha value is -1.62. The van der Waals surface area contributed by atoms with E-state index in [1.54, 1.807) is 0 Å². The van der Waals surface area contributed by atoms with Gasteiger partial charge < -0.3 is 16.0 Å². The minimum absolute atomic E-state index is 0.209. The number of thiocarbonyl (C=S) groups is 1. The van der Waals surface area contributed by atoms with Crippen molar-refractivity contribution in [2.24, 2.45) is 11.7 Å². The molecule has 0 bridgehead atoms. The summed E-state index contributed by atoms with van der Waals surface area (Å²) in [5, 5.41) is 3.12. The van der Waals surface area contributed by atoms with E-state index in [0.717, 1.165) is 31.5 Å². The maximum absolute atomic E-state index is 11.4. The van der Waals surface area contributed by atoms with Crippen LogP contribution in [0.5, 0.6) is 0 Å². The topological polar surface area (TPSA) is 58.4 Å². The first-order chi connectivity index (χ1) is 9.63. The van der Waals surface area contributed by atoms with Crippen molar-refractivity contribution in [3.05, 3.63) is 29.8 Å². The number of piperidine rings is 2. The van der Waals surface area contributed by atoms with Crippen LogP contribution in [-0.4, -0.2) is 30.0 Å². The van der Waals surface area contributed by atoms with Crippen LogP contribution < -0.4 is 16.0 Å². The average Bonchev–Trinajstić information content (AvgIpc) is 2.47. The number of fused-ring (bicyclic) bond motifs is 1. The van der Waals surface area contributed by atoms with Crippen LogP contribution in [0.25, 0.3) is 0 Å². The zero-order valence-electron chi connectivity index (χ0n) is 11.3. The molecule has 2 atom stereocenters. The number of hydrogen-bond donors (Lipinski definition) is 2. The highest BCUT2D eigenvalue weighted by atomic mass is 32.1. The number of nitrogens with two attached hydrogens (primary N) is 1. The van der Waals surface area contributed by atoms with Gasteiger partial charge in [-0.3, -0.25) is 4.79 Å². The SMILES string of the molecule is NC(=S)c1ccc(N2CCC3NC(=O)CCC3C2)cc1. The number of amides is 1. The van der Waals surface area contributed by atoms with Crippen molar-refractivity contribution in [3.63, 3.8) is 0 Å². The lowest BCUT2D eigenvalue weighted by molar-refractivity contribution is -0.124. The maximum Gasteiger partial charge on any atom is 0.220 e. The van der Waals surface area contributed by atoms with Crippen molar-refractivity contribution < 1.29 is 4.79 Å². The molecule has 0 saturated carbocycles. The summed E-state index contributed by atoms with van der Waals surface area (Å²) in [6.07, 6.45) is 2.68. The van der Waals surface area contributed by atoms with Gasteiger partial charge in [0.05, 0.1) is 0 Å². The van der Waals surface area contributed by atoms with Gasteiger partial charge in [-0.2, -0.15) is 0 Å². The van der Waals surface area contributed by atoms with Crippen molar-refractivity contribution in [1.29, 1.82) is 0 Å². The van der Waals surface area contributed by atoms with Crippen LogP contribution in [0.15, 0.2) is 24.3 Å². The van der Waals surface area contributed by atoms with E-state index in [1.165, 1.54) is 5.69 Å². The molecular formula is C15H19N3OS. The third-order valence-corrected chi connectivity index (χ3v) is 4.58. The van der Waals surface area contributed by atoms with E-state index in [1.807, 2.05) is 12.1 Å². The van der Waals surface area contributed by atoms with Gasteiger partial charge in [-0.15, -0.1) is 0 Å². The molecule has 1 amide bonds. The molecule has 1 aromatic rings. The molecule has 0 aliphatic carbocycles. The summed E-state index contributed by atoms with van der Waals surface area (Å²) in [5.41, 5.74) is 7.74. The lowest BCUT2D eigenvalue weighted by Crippen LogP contribution is -2.54. The van der Waals surface area contributed by atoms with E-state index >= 15 is 0 Å². The molecule has 0 spiro atoms. The highest BCUT2D eigenvalue weighted by molar-refractivity contribution is 7.80. The summed E-state index contributed by atoms with van der Waals surface area (Å²) in [4.78, 5) is 14.2. The number of anilines is 1. The Bertz CT molecular complexity index is 528. The lowest BCUT2D eigenvalue weighted by atomic mass is 9.85. The lowest BCUT2D eigenvalue weighted by Gasteiger charge is -2.42. The van der Waals surface area contributed by atoms with Gasteiger partial charge >= 0.3 is 0 Å². The molecule has 0 radical (unpaired) electrons. The van der Waals surface area contributed by atoms with Crippen LogP contribution in [0.4, 0.5) is 5.69 Å². The van der Waals surface area contributed by atoms with Gasteiger partial charge in [0.2, 0.25) is 5.91 Å². The number of carbonyl (C=O) groups excluding carboxylic acids is 1. The van der Waals surface area contributed by atoms with Crippen molar-refractivity contribution in [3.8, 4) is 0 Å². The second-order valence-electron chi connectivity index (χ2n) is 5.62. The summed E-state index contributed by atoms with van der Waals surface area (Å²) < 4.78 is 0. The van der Waals surface area contributed by atoms with E-state index in [-0.39, 0.29) is 5.91 Å². The van der Waals surface area contributed by atoms with E-state index in [2.05, 4.69) is 22.3 Å². The predicted molar refractivity (Wildman–Crippen MR) is 83.8 cm³/mol. The first-order valence-electron chi connectivity index (χ1n) is 7.07. The molecule has 2 fully saturated rings. The minimum atomic E-state index is 0.209. The van der Waals surface area contributed by atoms with Gasteiger partial charge in [0.15, 0.2) is 0 Å². The third kappa shape index (κ3) is 2.63. The molecule has 3 rings (SSSR count). The van der Waals surface area contributed by atoms with E-state index in [4.69, 9.17) is 18.0 Å². The summed E-state index contributed by atoms with van der Waals surface area (Å²) in [7, 11) is 0. The molecule has 20 heavy (non-hydrogen) atoms. The Balaban J connectivity index is 1.69. The summed E-state index contributed by atoms with van der Waals surface area (Å²) in [6.45, 7) is 1.99. The quantitative estimate of drug-likeness (QED) is 0.809. The zero-order valence-corrected chi connectivity index (χ0v) is 12.2. The Kier molecular flexibility index (Phi) is 3.61. The first kappa shape index (κ1) is 13.4. The molecule has 3 N–H and O–H groups in total. The van der Waals surface area contributed by atoms with Crippen LogP contribution >= 0.6 is 12.2 Å². The van der Waals surface area contributed by atoms with Gasteiger partial charge in [-0.1, -0.05) is 12.2 Å². The normalized spacial score (nSPS) is 25.8. The zero-order chi connectivity index (χ0) is 14.1. The van der Waals surface area contributed by atoms with E-state index in [0.29, 0.717) is 23.4 Å². The standard InChI is InChI=1S/C15H19N3OS/c16-15(20)10-1-4-12(5-2-10)18-8-7-13-11(9-18)3-6-14(19)17-13/h1-2,4-5,11,13H,3,6-9H2,(H2,16,20)(H,17,19). The van der Waals surface area contributed by atoms with Gasteiger partial charge in [0.1, 0.15) is 4.99 Å². The molecule has 5 heteroatoms. The monoisotopic (exact) mass is 289 g/mol. The summed E-state index contributed by atoms with van der Waals surface area (Å²) >= 11 is 4.97. The second-order valence-corrected chi connectivity index (χ2v) is 6.06. The molecule has 106 valence electrons. The summed E-state index contributed by atoms with van der Waals surface area (Å²) in [5.74, 6) is 0.775. The largest absolute Gasteiger partial charge is 0.389 e. The number of nitrogens with zero attached hydrogens (tertiary/aromatic N) is 1. The highest BCUT2D eigenvalue weighted by Crippen LogP contribution is 2.28. The Morgan fingerprint density at radius 3 is 2.75 bits per heavy atom. The van der Waals surface area contributed by atoms with Crippen LogP contribution in [0, 0.1) is 5.92 Å². The molecule has 2 aliphatic rings. The van der Waals surface area contributed by atoms with Crippen LogP contribution in [0.2, 0.25) is 0 Å². The number of rotatable bonds is 2. The number of nitrogens with one attached hydrogen (secondary N) is 1. The van der Waals surface area contributed by atoms with Crippen LogP contribution in [0.1, 0.15) is 24.8 Å². The fraction of sp³-hybridized carbons (Fsp3) is 0.467. The summed E-state index contributed by atoms with van der Waals surface area (Å²) in [6, 6.07) is 8.48. The highest BCUT2D eigenvalue weighted by Gasteiger charge is 2.33. The molecular weight excluding hydrogens is 270 g/mol. The predicted octanol–water partition coefficient (Wildman–Crippen LogP) is 1.43. The minimum Gasteiger partial charge on any atom is -0.389 e. The van der Waals surface area contributed by atoms with Crippen molar-refractivity contribution in [2.45, 2.75) is 25.3 Å². The molecule has 0 aromatic heterocycles. The molecule has 2 unspecified atom stereocenters. The Morgan fingerprint density at radius 2 is 2.05 bits per heavy atom. The van der Waals surface area contributed by atoms with Crippen LogP contribution in [0.3, 0.4) is 0 Å². The molecule has 1 aromatic carbocycles. The fourth-order valence-electron chi connectivity index (χ4n) is 3.18. The van der Waals surface area contributed by atoms with Gasteiger partial charge in [-0.05, 0) is 43.0 Å². The fourth-order valence-corrected chi connectivity index (χ4v) is 3.32.